The minimum atomic E-state index is 0.0567. The molecule has 2 heterocycles. The summed E-state index contributed by atoms with van der Waals surface area (Å²) in [5.41, 5.74) is 7.31. The average Bonchev–Trinajstić information content (AvgIpc) is 2.99. The molecule has 1 aromatic carbocycles. The van der Waals surface area contributed by atoms with Crippen molar-refractivity contribution in [3.63, 3.8) is 0 Å². The van der Waals surface area contributed by atoms with Crippen molar-refractivity contribution in [1.82, 2.24) is 9.80 Å². The van der Waals surface area contributed by atoms with Crippen LogP contribution in [0.2, 0.25) is 0 Å². The van der Waals surface area contributed by atoms with Gasteiger partial charge in [0.05, 0.1) is 6.61 Å². The predicted molar refractivity (Wildman–Crippen MR) is 106 cm³/mol. The molecule has 2 atom stereocenters. The highest BCUT2D eigenvalue weighted by Gasteiger charge is 2.26. The van der Waals surface area contributed by atoms with Crippen LogP contribution < -0.4 is 15.2 Å². The van der Waals surface area contributed by atoms with Crippen molar-refractivity contribution in [3.8, 4) is 11.5 Å². The lowest BCUT2D eigenvalue weighted by Crippen LogP contribution is -2.38. The SMILES string of the molecule is CCOc1cc(CN2CC(C)C(N)C2)ccc1OCC(=O)N1CCCCC1. The van der Waals surface area contributed by atoms with E-state index in [0.717, 1.165) is 45.6 Å². The molecule has 2 unspecified atom stereocenters. The second kappa shape index (κ2) is 9.42. The van der Waals surface area contributed by atoms with E-state index >= 15 is 0 Å². The van der Waals surface area contributed by atoms with Crippen LogP contribution in [0.5, 0.6) is 11.5 Å². The number of carbonyl (C=O) groups is 1. The second-order valence-electron chi connectivity index (χ2n) is 7.78. The molecule has 0 aromatic heterocycles. The van der Waals surface area contributed by atoms with Gasteiger partial charge in [0.15, 0.2) is 18.1 Å². The maximum atomic E-state index is 12.3. The van der Waals surface area contributed by atoms with Crippen LogP contribution in [0.15, 0.2) is 18.2 Å². The topological polar surface area (TPSA) is 68.0 Å². The van der Waals surface area contributed by atoms with Gasteiger partial charge in [-0.05, 0) is 49.8 Å². The Morgan fingerprint density at radius 2 is 1.93 bits per heavy atom. The Kier molecular flexibility index (Phi) is 6.96. The minimum absolute atomic E-state index is 0.0567. The zero-order valence-corrected chi connectivity index (χ0v) is 16.7. The normalized spacial score (nSPS) is 23.4. The maximum Gasteiger partial charge on any atom is 0.260 e. The van der Waals surface area contributed by atoms with Gasteiger partial charge in [0.2, 0.25) is 0 Å². The minimum Gasteiger partial charge on any atom is -0.490 e. The number of carbonyl (C=O) groups excluding carboxylic acids is 1. The molecule has 1 aromatic rings. The van der Waals surface area contributed by atoms with Crippen LogP contribution in [0.1, 0.15) is 38.7 Å². The van der Waals surface area contributed by atoms with Gasteiger partial charge in [0.1, 0.15) is 0 Å². The molecule has 2 saturated heterocycles. The Labute approximate surface area is 162 Å². The van der Waals surface area contributed by atoms with Gasteiger partial charge < -0.3 is 20.1 Å². The van der Waals surface area contributed by atoms with Crippen molar-refractivity contribution >= 4 is 5.91 Å². The number of likely N-dealkylation sites (tertiary alicyclic amines) is 2. The third-order valence-corrected chi connectivity index (χ3v) is 5.52. The number of piperidine rings is 1. The van der Waals surface area contributed by atoms with Gasteiger partial charge in [-0.15, -0.1) is 0 Å². The first kappa shape index (κ1) is 20.0. The maximum absolute atomic E-state index is 12.3. The van der Waals surface area contributed by atoms with Crippen LogP contribution in [0.4, 0.5) is 0 Å². The zero-order valence-electron chi connectivity index (χ0n) is 16.7. The van der Waals surface area contributed by atoms with E-state index in [1.165, 1.54) is 12.0 Å². The Morgan fingerprint density at radius 1 is 1.15 bits per heavy atom. The molecule has 0 spiro atoms. The fourth-order valence-corrected chi connectivity index (χ4v) is 3.90. The molecule has 3 rings (SSSR count). The molecular weight excluding hydrogens is 342 g/mol. The number of nitrogens with zero attached hydrogens (tertiary/aromatic N) is 2. The van der Waals surface area contributed by atoms with Crippen LogP contribution in [-0.4, -0.2) is 61.1 Å². The third kappa shape index (κ3) is 5.36. The number of hydrogen-bond donors (Lipinski definition) is 1. The predicted octanol–water partition coefficient (Wildman–Crippen LogP) is 2.26. The highest BCUT2D eigenvalue weighted by Crippen LogP contribution is 2.30. The number of nitrogens with two attached hydrogens (primary N) is 1. The molecule has 2 N–H and O–H groups in total. The van der Waals surface area contributed by atoms with Crippen LogP contribution in [0.25, 0.3) is 0 Å². The second-order valence-corrected chi connectivity index (χ2v) is 7.78. The highest BCUT2D eigenvalue weighted by atomic mass is 16.5. The van der Waals surface area contributed by atoms with E-state index in [0.29, 0.717) is 24.0 Å². The molecule has 0 aliphatic carbocycles. The molecule has 27 heavy (non-hydrogen) atoms. The number of hydrogen-bond acceptors (Lipinski definition) is 5. The molecule has 150 valence electrons. The number of ether oxygens (including phenoxy) is 2. The van der Waals surface area contributed by atoms with Crippen molar-refractivity contribution in [1.29, 1.82) is 0 Å². The summed E-state index contributed by atoms with van der Waals surface area (Å²) in [6, 6.07) is 6.25. The summed E-state index contributed by atoms with van der Waals surface area (Å²) in [7, 11) is 0. The Balaban J connectivity index is 1.60. The van der Waals surface area contributed by atoms with Crippen LogP contribution in [-0.2, 0) is 11.3 Å². The summed E-state index contributed by atoms with van der Waals surface area (Å²) in [4.78, 5) is 16.6. The van der Waals surface area contributed by atoms with Crippen molar-refractivity contribution < 1.29 is 14.3 Å². The molecule has 2 fully saturated rings. The quantitative estimate of drug-likeness (QED) is 0.792. The van der Waals surface area contributed by atoms with Gasteiger partial charge in [-0.1, -0.05) is 13.0 Å². The summed E-state index contributed by atoms with van der Waals surface area (Å²) in [6.07, 6.45) is 3.38. The van der Waals surface area contributed by atoms with Crippen LogP contribution in [0.3, 0.4) is 0 Å². The highest BCUT2D eigenvalue weighted by molar-refractivity contribution is 5.78. The lowest BCUT2D eigenvalue weighted by atomic mass is 10.1. The van der Waals surface area contributed by atoms with Gasteiger partial charge in [0.25, 0.3) is 5.91 Å². The molecule has 6 heteroatoms. The lowest BCUT2D eigenvalue weighted by molar-refractivity contribution is -0.134. The molecular formula is C21H33N3O3. The largest absolute Gasteiger partial charge is 0.490 e. The van der Waals surface area contributed by atoms with E-state index in [2.05, 4.69) is 17.9 Å². The lowest BCUT2D eigenvalue weighted by Gasteiger charge is -2.26. The molecule has 2 aliphatic rings. The molecule has 2 aliphatic heterocycles. The Hall–Kier alpha value is -1.79. The van der Waals surface area contributed by atoms with E-state index in [9.17, 15) is 4.79 Å². The molecule has 0 saturated carbocycles. The fourth-order valence-electron chi connectivity index (χ4n) is 3.90. The smallest absolute Gasteiger partial charge is 0.260 e. The summed E-state index contributed by atoms with van der Waals surface area (Å²) in [6.45, 7) is 9.27. The summed E-state index contributed by atoms with van der Waals surface area (Å²) >= 11 is 0. The Bertz CT molecular complexity index is 621. The van der Waals surface area contributed by atoms with E-state index in [-0.39, 0.29) is 18.6 Å². The first-order valence-corrected chi connectivity index (χ1v) is 10.2. The van der Waals surface area contributed by atoms with Crippen molar-refractivity contribution in [2.45, 2.75) is 45.7 Å². The first-order valence-electron chi connectivity index (χ1n) is 10.2. The van der Waals surface area contributed by atoms with Crippen molar-refractivity contribution in [3.05, 3.63) is 23.8 Å². The van der Waals surface area contributed by atoms with Crippen molar-refractivity contribution in [2.75, 3.05) is 39.4 Å². The van der Waals surface area contributed by atoms with Gasteiger partial charge in [-0.3, -0.25) is 9.69 Å². The fraction of sp³-hybridized carbons (Fsp3) is 0.667. The van der Waals surface area contributed by atoms with Gasteiger partial charge in [-0.25, -0.2) is 0 Å². The molecule has 1 amide bonds. The van der Waals surface area contributed by atoms with E-state index in [1.807, 2.05) is 24.0 Å². The number of rotatable bonds is 7. The Morgan fingerprint density at radius 3 is 2.59 bits per heavy atom. The first-order chi connectivity index (χ1) is 13.1. The summed E-state index contributed by atoms with van der Waals surface area (Å²) in [5.74, 6) is 1.93. The molecule has 6 nitrogen and oxygen atoms in total. The summed E-state index contributed by atoms with van der Waals surface area (Å²) < 4.78 is 11.6. The average molecular weight is 376 g/mol. The standard InChI is InChI=1S/C21H33N3O3/c1-3-26-20-11-17(13-23-12-16(2)18(22)14-23)7-8-19(20)27-15-21(25)24-9-5-4-6-10-24/h7-8,11,16,18H,3-6,9-10,12-15,22H2,1-2H3. The zero-order chi connectivity index (χ0) is 19.2. The van der Waals surface area contributed by atoms with E-state index < -0.39 is 0 Å². The number of benzene rings is 1. The van der Waals surface area contributed by atoms with Crippen LogP contribution in [0, 0.1) is 5.92 Å². The molecule has 0 bridgehead atoms. The van der Waals surface area contributed by atoms with Gasteiger partial charge in [0, 0.05) is 38.8 Å². The number of amides is 1. The van der Waals surface area contributed by atoms with E-state index in [4.69, 9.17) is 15.2 Å². The van der Waals surface area contributed by atoms with E-state index in [1.54, 1.807) is 0 Å². The summed E-state index contributed by atoms with van der Waals surface area (Å²) in [5, 5.41) is 0. The van der Waals surface area contributed by atoms with Crippen molar-refractivity contribution in [2.24, 2.45) is 11.7 Å². The van der Waals surface area contributed by atoms with Gasteiger partial charge >= 0.3 is 0 Å². The van der Waals surface area contributed by atoms with Crippen LogP contribution >= 0.6 is 0 Å². The monoisotopic (exact) mass is 375 g/mol. The third-order valence-electron chi connectivity index (χ3n) is 5.52. The van der Waals surface area contributed by atoms with Gasteiger partial charge in [-0.2, -0.15) is 0 Å². The molecule has 0 radical (unpaired) electrons.